The molecule has 0 radical (unpaired) electrons. The zero-order valence-electron chi connectivity index (χ0n) is 13.2. The Morgan fingerprint density at radius 3 is 2.52 bits per heavy atom. The van der Waals surface area contributed by atoms with E-state index < -0.39 is 0 Å². The van der Waals surface area contributed by atoms with E-state index in [1.54, 1.807) is 0 Å². The highest BCUT2D eigenvalue weighted by Crippen LogP contribution is 2.21. The molecule has 1 saturated heterocycles. The van der Waals surface area contributed by atoms with Crippen LogP contribution in [0.2, 0.25) is 0 Å². The van der Waals surface area contributed by atoms with Gasteiger partial charge in [0.05, 0.1) is 19.3 Å². The quantitative estimate of drug-likeness (QED) is 0.922. The average molecular weight is 310 g/mol. The Kier molecular flexibility index (Phi) is 5.40. The predicted octanol–water partition coefficient (Wildman–Crippen LogP) is 2.38. The summed E-state index contributed by atoms with van der Waals surface area (Å²) >= 11 is 0. The van der Waals surface area contributed by atoms with Crippen LogP contribution >= 0.6 is 0 Å². The largest absolute Gasteiger partial charge is 0.371 e. The fourth-order valence-electron chi connectivity index (χ4n) is 2.77. The Labute approximate surface area is 137 Å². The van der Waals surface area contributed by atoms with Crippen molar-refractivity contribution in [2.75, 3.05) is 26.2 Å². The van der Waals surface area contributed by atoms with Gasteiger partial charge in [-0.05, 0) is 11.1 Å². The van der Waals surface area contributed by atoms with Crippen LogP contribution < -0.4 is 5.32 Å². The van der Waals surface area contributed by atoms with Crippen molar-refractivity contribution >= 4 is 5.91 Å². The summed E-state index contributed by atoms with van der Waals surface area (Å²) in [5.41, 5.74) is 2.28. The van der Waals surface area contributed by atoms with Gasteiger partial charge >= 0.3 is 0 Å². The van der Waals surface area contributed by atoms with Crippen molar-refractivity contribution in [3.63, 3.8) is 0 Å². The molecule has 1 aliphatic rings. The summed E-state index contributed by atoms with van der Waals surface area (Å²) in [6.07, 6.45) is 0.0480. The molecule has 1 aliphatic heterocycles. The van der Waals surface area contributed by atoms with E-state index in [4.69, 9.17) is 4.74 Å². The molecule has 1 heterocycles. The van der Waals surface area contributed by atoms with E-state index >= 15 is 0 Å². The number of morpholine rings is 1. The SMILES string of the molecule is O=C(CN1CCOC(c2ccccc2)C1)NCc1ccccc1. The minimum Gasteiger partial charge on any atom is -0.371 e. The van der Waals surface area contributed by atoms with Crippen LogP contribution in [-0.4, -0.2) is 37.0 Å². The standard InChI is InChI=1S/C19H22N2O2/c22-19(20-13-16-7-3-1-4-8-16)15-21-11-12-23-18(14-21)17-9-5-2-6-10-17/h1-10,18H,11-15H2,(H,20,22). The molecule has 0 aliphatic carbocycles. The van der Waals surface area contributed by atoms with Gasteiger partial charge in [0.2, 0.25) is 5.91 Å². The minimum absolute atomic E-state index is 0.0480. The number of nitrogens with zero attached hydrogens (tertiary/aromatic N) is 1. The lowest BCUT2D eigenvalue weighted by atomic mass is 10.1. The van der Waals surface area contributed by atoms with Gasteiger partial charge in [-0.25, -0.2) is 0 Å². The van der Waals surface area contributed by atoms with Gasteiger partial charge in [0.15, 0.2) is 0 Å². The topological polar surface area (TPSA) is 41.6 Å². The van der Waals surface area contributed by atoms with Crippen LogP contribution in [0.25, 0.3) is 0 Å². The molecule has 0 spiro atoms. The van der Waals surface area contributed by atoms with Gasteiger partial charge in [0.25, 0.3) is 0 Å². The lowest BCUT2D eigenvalue weighted by molar-refractivity contribution is -0.124. The van der Waals surface area contributed by atoms with E-state index in [2.05, 4.69) is 22.3 Å². The Bertz CT molecular complexity index is 616. The van der Waals surface area contributed by atoms with Gasteiger partial charge in [0.1, 0.15) is 0 Å². The summed E-state index contributed by atoms with van der Waals surface area (Å²) in [4.78, 5) is 14.3. The number of rotatable bonds is 5. The van der Waals surface area contributed by atoms with Crippen molar-refractivity contribution in [1.82, 2.24) is 10.2 Å². The molecule has 23 heavy (non-hydrogen) atoms. The maximum Gasteiger partial charge on any atom is 0.234 e. The molecule has 0 aromatic heterocycles. The molecule has 4 heteroatoms. The lowest BCUT2D eigenvalue weighted by Crippen LogP contribution is -2.44. The van der Waals surface area contributed by atoms with Crippen molar-refractivity contribution in [3.05, 3.63) is 71.8 Å². The number of carbonyl (C=O) groups excluding carboxylic acids is 1. The van der Waals surface area contributed by atoms with Crippen molar-refractivity contribution in [2.45, 2.75) is 12.6 Å². The van der Waals surface area contributed by atoms with Crippen molar-refractivity contribution in [2.24, 2.45) is 0 Å². The molecule has 1 N–H and O–H groups in total. The van der Waals surface area contributed by atoms with E-state index in [9.17, 15) is 4.79 Å². The maximum atomic E-state index is 12.1. The van der Waals surface area contributed by atoms with Crippen LogP contribution in [0.4, 0.5) is 0 Å². The molecular weight excluding hydrogens is 288 g/mol. The highest BCUT2D eigenvalue weighted by atomic mass is 16.5. The molecule has 3 rings (SSSR count). The zero-order chi connectivity index (χ0) is 15.9. The van der Waals surface area contributed by atoms with Crippen molar-refractivity contribution < 1.29 is 9.53 Å². The summed E-state index contributed by atoms with van der Waals surface area (Å²) < 4.78 is 5.83. The summed E-state index contributed by atoms with van der Waals surface area (Å²) in [7, 11) is 0. The number of nitrogens with one attached hydrogen (secondary N) is 1. The lowest BCUT2D eigenvalue weighted by Gasteiger charge is -2.32. The molecule has 2 aromatic carbocycles. The van der Waals surface area contributed by atoms with E-state index in [-0.39, 0.29) is 12.0 Å². The summed E-state index contributed by atoms with van der Waals surface area (Å²) in [6.45, 7) is 3.20. The second kappa shape index (κ2) is 7.90. The van der Waals surface area contributed by atoms with Crippen LogP contribution in [0.1, 0.15) is 17.2 Å². The molecule has 1 atom stereocenters. The average Bonchev–Trinajstić information content (AvgIpc) is 2.62. The maximum absolute atomic E-state index is 12.1. The number of amides is 1. The van der Waals surface area contributed by atoms with E-state index in [0.717, 1.165) is 18.7 Å². The van der Waals surface area contributed by atoms with Crippen LogP contribution in [0.15, 0.2) is 60.7 Å². The molecule has 1 amide bonds. The van der Waals surface area contributed by atoms with Gasteiger partial charge in [-0.15, -0.1) is 0 Å². The van der Waals surface area contributed by atoms with Gasteiger partial charge < -0.3 is 10.1 Å². The van der Waals surface area contributed by atoms with E-state index in [1.165, 1.54) is 5.56 Å². The third-order valence-corrected chi connectivity index (χ3v) is 4.02. The number of carbonyl (C=O) groups is 1. The molecule has 1 unspecified atom stereocenters. The fraction of sp³-hybridized carbons (Fsp3) is 0.316. The Morgan fingerprint density at radius 2 is 1.78 bits per heavy atom. The van der Waals surface area contributed by atoms with Crippen LogP contribution in [0.3, 0.4) is 0 Å². The smallest absolute Gasteiger partial charge is 0.234 e. The Morgan fingerprint density at radius 1 is 1.09 bits per heavy atom. The molecule has 1 fully saturated rings. The third kappa shape index (κ3) is 4.65. The molecule has 2 aromatic rings. The second-order valence-electron chi connectivity index (χ2n) is 5.77. The minimum atomic E-state index is 0.0480. The summed E-state index contributed by atoms with van der Waals surface area (Å²) in [5, 5.41) is 2.98. The third-order valence-electron chi connectivity index (χ3n) is 4.02. The van der Waals surface area contributed by atoms with Crippen molar-refractivity contribution in [1.29, 1.82) is 0 Å². The highest BCUT2D eigenvalue weighted by Gasteiger charge is 2.23. The van der Waals surface area contributed by atoms with Gasteiger partial charge in [-0.1, -0.05) is 60.7 Å². The molecule has 0 saturated carbocycles. The summed E-state index contributed by atoms with van der Waals surface area (Å²) in [5.74, 6) is 0.0579. The van der Waals surface area contributed by atoms with Gasteiger partial charge in [-0.2, -0.15) is 0 Å². The Balaban J connectivity index is 1.48. The number of hydrogen-bond donors (Lipinski definition) is 1. The predicted molar refractivity (Wildman–Crippen MR) is 89.9 cm³/mol. The number of benzene rings is 2. The Hall–Kier alpha value is -2.17. The number of ether oxygens (including phenoxy) is 1. The zero-order valence-corrected chi connectivity index (χ0v) is 13.2. The number of hydrogen-bond acceptors (Lipinski definition) is 3. The molecule has 120 valence electrons. The first kappa shape index (κ1) is 15.7. The highest BCUT2D eigenvalue weighted by molar-refractivity contribution is 5.78. The molecule has 4 nitrogen and oxygen atoms in total. The fourth-order valence-corrected chi connectivity index (χ4v) is 2.77. The van der Waals surface area contributed by atoms with Gasteiger partial charge in [0, 0.05) is 19.6 Å². The van der Waals surface area contributed by atoms with E-state index in [1.807, 2.05) is 48.5 Å². The van der Waals surface area contributed by atoms with Gasteiger partial charge in [-0.3, -0.25) is 9.69 Å². The first-order valence-electron chi connectivity index (χ1n) is 8.01. The van der Waals surface area contributed by atoms with Crippen LogP contribution in [-0.2, 0) is 16.1 Å². The first-order valence-corrected chi connectivity index (χ1v) is 8.01. The van der Waals surface area contributed by atoms with Crippen molar-refractivity contribution in [3.8, 4) is 0 Å². The monoisotopic (exact) mass is 310 g/mol. The molecule has 0 bridgehead atoms. The van der Waals surface area contributed by atoms with Crippen LogP contribution in [0.5, 0.6) is 0 Å². The first-order chi connectivity index (χ1) is 11.3. The normalized spacial score (nSPS) is 18.5. The van der Waals surface area contributed by atoms with Crippen LogP contribution in [0, 0.1) is 0 Å². The summed E-state index contributed by atoms with van der Waals surface area (Å²) in [6, 6.07) is 20.1. The molecular formula is C19H22N2O2. The second-order valence-corrected chi connectivity index (χ2v) is 5.77. The van der Waals surface area contributed by atoms with E-state index in [0.29, 0.717) is 19.7 Å².